The SMILES string of the molecule is CCc1nnc(CN(C)C2(CC(=O)O)CCCCC2)o1. The van der Waals surface area contributed by atoms with E-state index in [1.54, 1.807) is 0 Å². The van der Waals surface area contributed by atoms with Gasteiger partial charge in [0, 0.05) is 12.0 Å². The van der Waals surface area contributed by atoms with Gasteiger partial charge in [-0.3, -0.25) is 9.69 Å². The van der Waals surface area contributed by atoms with Crippen LogP contribution in [-0.2, 0) is 17.8 Å². The molecule has 6 heteroatoms. The Hall–Kier alpha value is -1.43. The van der Waals surface area contributed by atoms with Gasteiger partial charge >= 0.3 is 5.97 Å². The average molecular weight is 281 g/mol. The van der Waals surface area contributed by atoms with E-state index in [4.69, 9.17) is 4.42 Å². The number of hydrogen-bond donors (Lipinski definition) is 1. The van der Waals surface area contributed by atoms with Gasteiger partial charge in [0.15, 0.2) is 0 Å². The van der Waals surface area contributed by atoms with Gasteiger partial charge in [0.2, 0.25) is 11.8 Å². The highest BCUT2D eigenvalue weighted by atomic mass is 16.4. The smallest absolute Gasteiger partial charge is 0.305 e. The van der Waals surface area contributed by atoms with Gasteiger partial charge in [-0.1, -0.05) is 26.2 Å². The molecule has 1 aromatic heterocycles. The van der Waals surface area contributed by atoms with Crippen LogP contribution in [0.25, 0.3) is 0 Å². The van der Waals surface area contributed by atoms with Crippen LogP contribution in [0.3, 0.4) is 0 Å². The van der Waals surface area contributed by atoms with Gasteiger partial charge < -0.3 is 9.52 Å². The Morgan fingerprint density at radius 1 is 1.30 bits per heavy atom. The minimum absolute atomic E-state index is 0.179. The van der Waals surface area contributed by atoms with E-state index < -0.39 is 5.97 Å². The first-order valence-corrected chi connectivity index (χ1v) is 7.30. The van der Waals surface area contributed by atoms with Crippen molar-refractivity contribution in [3.63, 3.8) is 0 Å². The van der Waals surface area contributed by atoms with Crippen LogP contribution in [-0.4, -0.2) is 38.8 Å². The van der Waals surface area contributed by atoms with Crippen LogP contribution in [0.4, 0.5) is 0 Å². The molecule has 1 aromatic rings. The summed E-state index contributed by atoms with van der Waals surface area (Å²) in [6.07, 6.45) is 6.10. The summed E-state index contributed by atoms with van der Waals surface area (Å²) in [4.78, 5) is 13.3. The second-order valence-electron chi connectivity index (χ2n) is 5.65. The third kappa shape index (κ3) is 3.36. The molecule has 0 atom stereocenters. The van der Waals surface area contributed by atoms with Crippen LogP contribution in [0.1, 0.15) is 57.2 Å². The summed E-state index contributed by atoms with van der Waals surface area (Å²) in [7, 11) is 1.96. The monoisotopic (exact) mass is 281 g/mol. The van der Waals surface area contributed by atoms with Crippen molar-refractivity contribution in [1.82, 2.24) is 15.1 Å². The highest BCUT2D eigenvalue weighted by Crippen LogP contribution is 2.36. The van der Waals surface area contributed by atoms with Gasteiger partial charge in [0.05, 0.1) is 13.0 Å². The Bertz CT molecular complexity index is 452. The summed E-state index contributed by atoms with van der Waals surface area (Å²) in [6, 6.07) is 0. The Morgan fingerprint density at radius 3 is 2.50 bits per heavy atom. The molecular weight excluding hydrogens is 258 g/mol. The van der Waals surface area contributed by atoms with E-state index in [0.717, 1.165) is 32.1 Å². The minimum Gasteiger partial charge on any atom is -0.481 e. The normalized spacial score (nSPS) is 18.4. The highest BCUT2D eigenvalue weighted by Gasteiger charge is 2.38. The van der Waals surface area contributed by atoms with Crippen molar-refractivity contribution in [3.8, 4) is 0 Å². The molecule has 0 amide bonds. The van der Waals surface area contributed by atoms with Crippen molar-refractivity contribution in [2.45, 2.75) is 64.0 Å². The van der Waals surface area contributed by atoms with E-state index in [0.29, 0.717) is 18.3 Å². The first kappa shape index (κ1) is 15.0. The van der Waals surface area contributed by atoms with Gasteiger partial charge in [0.25, 0.3) is 0 Å². The lowest BCUT2D eigenvalue weighted by molar-refractivity contribution is -0.141. The van der Waals surface area contributed by atoms with Crippen molar-refractivity contribution in [2.75, 3.05) is 7.05 Å². The molecular formula is C14H23N3O3. The second-order valence-corrected chi connectivity index (χ2v) is 5.65. The molecule has 1 saturated carbocycles. The number of hydrogen-bond acceptors (Lipinski definition) is 5. The van der Waals surface area contributed by atoms with Gasteiger partial charge in [0.1, 0.15) is 0 Å². The fourth-order valence-corrected chi connectivity index (χ4v) is 3.05. The third-order valence-electron chi connectivity index (χ3n) is 4.26. The number of carboxylic acid groups (broad SMARTS) is 1. The van der Waals surface area contributed by atoms with Crippen molar-refractivity contribution < 1.29 is 14.3 Å². The highest BCUT2D eigenvalue weighted by molar-refractivity contribution is 5.68. The summed E-state index contributed by atoms with van der Waals surface area (Å²) in [6.45, 7) is 2.48. The molecule has 0 unspecified atom stereocenters. The maximum atomic E-state index is 11.2. The Balaban J connectivity index is 2.09. The molecule has 0 radical (unpaired) electrons. The van der Waals surface area contributed by atoms with Crippen LogP contribution in [0.2, 0.25) is 0 Å². The molecule has 0 saturated heterocycles. The first-order chi connectivity index (χ1) is 9.55. The van der Waals surface area contributed by atoms with Crippen LogP contribution < -0.4 is 0 Å². The van der Waals surface area contributed by atoms with E-state index in [2.05, 4.69) is 15.1 Å². The molecule has 6 nitrogen and oxygen atoms in total. The number of carboxylic acids is 1. The van der Waals surface area contributed by atoms with Crippen LogP contribution in [0.15, 0.2) is 4.42 Å². The van der Waals surface area contributed by atoms with Gasteiger partial charge in [-0.25, -0.2) is 0 Å². The molecule has 1 aliphatic carbocycles. The summed E-state index contributed by atoms with van der Waals surface area (Å²) in [5.41, 5.74) is -0.273. The molecule has 2 rings (SSSR count). The van der Waals surface area contributed by atoms with Crippen LogP contribution in [0.5, 0.6) is 0 Å². The standard InChI is InChI=1S/C14H23N3O3/c1-3-11-15-16-12(20-11)10-17(2)14(9-13(18)19)7-5-4-6-8-14/h3-10H2,1-2H3,(H,18,19). The number of rotatable bonds is 6. The molecule has 20 heavy (non-hydrogen) atoms. The Morgan fingerprint density at radius 2 is 1.95 bits per heavy atom. The zero-order chi connectivity index (χ0) is 14.6. The molecule has 1 fully saturated rings. The fraction of sp³-hybridized carbons (Fsp3) is 0.786. The Labute approximate surface area is 119 Å². The summed E-state index contributed by atoms with van der Waals surface area (Å²) >= 11 is 0. The van der Waals surface area contributed by atoms with Gasteiger partial charge in [-0.2, -0.15) is 0 Å². The number of aliphatic carboxylic acids is 1. The summed E-state index contributed by atoms with van der Waals surface area (Å²) < 4.78 is 5.53. The van der Waals surface area contributed by atoms with E-state index in [1.807, 2.05) is 14.0 Å². The maximum absolute atomic E-state index is 11.2. The zero-order valence-electron chi connectivity index (χ0n) is 12.3. The number of aromatic nitrogens is 2. The third-order valence-corrected chi connectivity index (χ3v) is 4.26. The first-order valence-electron chi connectivity index (χ1n) is 7.30. The average Bonchev–Trinajstić information content (AvgIpc) is 2.86. The molecule has 0 spiro atoms. The van der Waals surface area contributed by atoms with Gasteiger partial charge in [-0.05, 0) is 19.9 Å². The lowest BCUT2D eigenvalue weighted by Crippen LogP contribution is -2.49. The van der Waals surface area contributed by atoms with Crippen LogP contribution in [0, 0.1) is 0 Å². The van der Waals surface area contributed by atoms with Crippen molar-refractivity contribution in [2.24, 2.45) is 0 Å². The van der Waals surface area contributed by atoms with Crippen molar-refractivity contribution >= 4 is 5.97 Å². The van der Waals surface area contributed by atoms with Crippen molar-refractivity contribution in [3.05, 3.63) is 11.8 Å². The maximum Gasteiger partial charge on any atom is 0.305 e. The van der Waals surface area contributed by atoms with Crippen LogP contribution >= 0.6 is 0 Å². The van der Waals surface area contributed by atoms with Crippen molar-refractivity contribution in [1.29, 1.82) is 0 Å². The molecule has 1 aliphatic rings. The number of aryl methyl sites for hydroxylation is 1. The largest absolute Gasteiger partial charge is 0.481 e. The topological polar surface area (TPSA) is 79.5 Å². The lowest BCUT2D eigenvalue weighted by atomic mass is 9.78. The second kappa shape index (κ2) is 6.35. The molecule has 112 valence electrons. The molecule has 1 heterocycles. The quantitative estimate of drug-likeness (QED) is 0.861. The lowest BCUT2D eigenvalue weighted by Gasteiger charge is -2.43. The molecule has 1 N–H and O–H groups in total. The Kier molecular flexibility index (Phi) is 4.75. The fourth-order valence-electron chi connectivity index (χ4n) is 3.05. The predicted octanol–water partition coefficient (Wildman–Crippen LogP) is 2.24. The minimum atomic E-state index is -0.737. The molecule has 0 bridgehead atoms. The predicted molar refractivity (Wildman–Crippen MR) is 73.2 cm³/mol. The number of carbonyl (C=O) groups is 1. The van der Waals surface area contributed by atoms with Gasteiger partial charge in [-0.15, -0.1) is 10.2 Å². The summed E-state index contributed by atoms with van der Waals surface area (Å²) in [5.74, 6) is 0.461. The van der Waals surface area contributed by atoms with E-state index >= 15 is 0 Å². The zero-order valence-corrected chi connectivity index (χ0v) is 12.3. The number of nitrogens with zero attached hydrogens (tertiary/aromatic N) is 3. The summed E-state index contributed by atoms with van der Waals surface area (Å²) in [5, 5.41) is 17.2. The van der Waals surface area contributed by atoms with E-state index in [1.165, 1.54) is 6.42 Å². The van der Waals surface area contributed by atoms with E-state index in [9.17, 15) is 9.90 Å². The molecule has 0 aliphatic heterocycles. The molecule has 0 aromatic carbocycles. The van der Waals surface area contributed by atoms with E-state index in [-0.39, 0.29) is 12.0 Å².